The first-order chi connectivity index (χ1) is 16.5. The highest BCUT2D eigenvalue weighted by molar-refractivity contribution is 6.16. The molecule has 1 aromatic heterocycles. The van der Waals surface area contributed by atoms with Gasteiger partial charge in [-0.25, -0.2) is 0 Å². The number of carbonyl (C=O) groups excluding carboxylic acids is 2. The Hall–Kier alpha value is -4.52. The number of rotatable bonds is 7. The highest BCUT2D eigenvalue weighted by Crippen LogP contribution is 2.32. The van der Waals surface area contributed by atoms with E-state index < -0.39 is 11.8 Å². The molecule has 0 radical (unpaired) electrons. The average Bonchev–Trinajstić information content (AvgIpc) is 3.22. The number of hydrogen-bond donors (Lipinski definition) is 2. The van der Waals surface area contributed by atoms with Gasteiger partial charge in [0, 0.05) is 17.1 Å². The van der Waals surface area contributed by atoms with Crippen molar-refractivity contribution >= 4 is 40.2 Å². The molecule has 0 saturated heterocycles. The van der Waals surface area contributed by atoms with Gasteiger partial charge in [0.15, 0.2) is 11.5 Å². The van der Waals surface area contributed by atoms with E-state index in [1.165, 1.54) is 6.08 Å². The molecular weight excluding hydrogens is 432 g/mol. The van der Waals surface area contributed by atoms with E-state index in [9.17, 15) is 9.59 Å². The lowest BCUT2D eigenvalue weighted by atomic mass is 10.1. The molecule has 4 rings (SSSR count). The molecule has 1 heterocycles. The Labute approximate surface area is 197 Å². The molecule has 172 valence electrons. The van der Waals surface area contributed by atoms with E-state index in [1.54, 1.807) is 68.8 Å². The molecule has 0 aliphatic rings. The Kier molecular flexibility index (Phi) is 6.64. The number of para-hydroxylation sites is 1. The number of anilines is 2. The van der Waals surface area contributed by atoms with Crippen LogP contribution in [-0.2, 0) is 4.79 Å². The molecule has 0 saturated carbocycles. The number of furan rings is 1. The van der Waals surface area contributed by atoms with E-state index in [2.05, 4.69) is 10.6 Å². The van der Waals surface area contributed by atoms with Gasteiger partial charge in [0.1, 0.15) is 11.3 Å². The maximum Gasteiger partial charge on any atom is 0.293 e. The lowest BCUT2D eigenvalue weighted by molar-refractivity contribution is -0.111. The SMILES string of the molecule is COc1ccc(/C=C\C(=O)Nc2c(C(=O)Nc3ccc(C)cc3)oc3ccccc23)cc1OC. The number of hydrogen-bond acceptors (Lipinski definition) is 5. The largest absolute Gasteiger partial charge is 0.493 e. The molecule has 3 aromatic carbocycles. The Bertz CT molecular complexity index is 1370. The van der Waals surface area contributed by atoms with Gasteiger partial charge in [0.2, 0.25) is 11.7 Å². The summed E-state index contributed by atoms with van der Waals surface area (Å²) >= 11 is 0. The molecule has 2 N–H and O–H groups in total. The van der Waals surface area contributed by atoms with Crippen LogP contribution in [0.15, 0.2) is 77.2 Å². The van der Waals surface area contributed by atoms with E-state index in [0.29, 0.717) is 33.8 Å². The summed E-state index contributed by atoms with van der Waals surface area (Å²) in [5.41, 5.74) is 3.26. The molecule has 7 heteroatoms. The number of ether oxygens (including phenoxy) is 2. The van der Waals surface area contributed by atoms with Crippen molar-refractivity contribution in [1.82, 2.24) is 0 Å². The first-order valence-electron chi connectivity index (χ1n) is 10.6. The summed E-state index contributed by atoms with van der Waals surface area (Å²) in [4.78, 5) is 25.7. The van der Waals surface area contributed by atoms with E-state index >= 15 is 0 Å². The van der Waals surface area contributed by atoms with Gasteiger partial charge in [-0.1, -0.05) is 35.9 Å². The van der Waals surface area contributed by atoms with Gasteiger partial charge in [-0.3, -0.25) is 9.59 Å². The summed E-state index contributed by atoms with van der Waals surface area (Å²) in [6.07, 6.45) is 3.02. The second kappa shape index (κ2) is 9.95. The van der Waals surface area contributed by atoms with Crippen molar-refractivity contribution in [3.63, 3.8) is 0 Å². The maximum atomic E-state index is 13.0. The van der Waals surface area contributed by atoms with Crippen molar-refractivity contribution in [1.29, 1.82) is 0 Å². The standard InChI is InChI=1S/C27H24N2O5/c1-17-8-12-19(13-9-17)28-27(31)26-25(20-6-4-5-7-21(20)34-26)29-24(30)15-11-18-10-14-22(32-2)23(16-18)33-3/h4-16H,1-3H3,(H,28,31)(H,29,30)/b15-11-. The van der Waals surface area contributed by atoms with Crippen LogP contribution in [0.4, 0.5) is 11.4 Å². The predicted octanol–water partition coefficient (Wildman–Crippen LogP) is 5.66. The third-order valence-corrected chi connectivity index (χ3v) is 5.19. The molecule has 0 unspecified atom stereocenters. The van der Waals surface area contributed by atoms with Crippen molar-refractivity contribution in [2.24, 2.45) is 0 Å². The van der Waals surface area contributed by atoms with Gasteiger partial charge < -0.3 is 24.5 Å². The van der Waals surface area contributed by atoms with Crippen LogP contribution in [-0.4, -0.2) is 26.0 Å². The van der Waals surface area contributed by atoms with E-state index in [-0.39, 0.29) is 5.76 Å². The average molecular weight is 456 g/mol. The van der Waals surface area contributed by atoms with Crippen LogP contribution in [0.2, 0.25) is 0 Å². The molecule has 0 fully saturated rings. The number of aryl methyl sites for hydroxylation is 1. The summed E-state index contributed by atoms with van der Waals surface area (Å²) in [5.74, 6) is 0.304. The third kappa shape index (κ3) is 4.94. The van der Waals surface area contributed by atoms with Gasteiger partial charge in [-0.15, -0.1) is 0 Å². The second-order valence-electron chi connectivity index (χ2n) is 7.56. The summed E-state index contributed by atoms with van der Waals surface area (Å²) in [6, 6.07) is 19.9. The molecule has 0 aliphatic heterocycles. The van der Waals surface area contributed by atoms with Crippen molar-refractivity contribution < 1.29 is 23.5 Å². The van der Waals surface area contributed by atoms with E-state index in [4.69, 9.17) is 13.9 Å². The monoisotopic (exact) mass is 456 g/mol. The number of methoxy groups -OCH3 is 2. The fourth-order valence-electron chi connectivity index (χ4n) is 3.45. The van der Waals surface area contributed by atoms with Crippen molar-refractivity contribution in [2.45, 2.75) is 6.92 Å². The summed E-state index contributed by atoms with van der Waals surface area (Å²) in [6.45, 7) is 1.97. The van der Waals surface area contributed by atoms with Crippen LogP contribution >= 0.6 is 0 Å². The van der Waals surface area contributed by atoms with Gasteiger partial charge in [0.25, 0.3) is 5.91 Å². The fraction of sp³-hybridized carbons (Fsp3) is 0.111. The minimum atomic E-state index is -0.459. The van der Waals surface area contributed by atoms with E-state index in [0.717, 1.165) is 11.1 Å². The van der Waals surface area contributed by atoms with Crippen LogP contribution < -0.4 is 20.1 Å². The molecule has 2 amide bonds. The zero-order valence-electron chi connectivity index (χ0n) is 19.0. The van der Waals surface area contributed by atoms with Crippen LogP contribution in [0.3, 0.4) is 0 Å². The van der Waals surface area contributed by atoms with Crippen LogP contribution in [0.5, 0.6) is 11.5 Å². The van der Waals surface area contributed by atoms with Gasteiger partial charge >= 0.3 is 0 Å². The van der Waals surface area contributed by atoms with Gasteiger partial charge in [-0.2, -0.15) is 0 Å². The van der Waals surface area contributed by atoms with Crippen molar-refractivity contribution in [3.8, 4) is 11.5 Å². The first kappa shape index (κ1) is 22.7. The molecule has 4 aromatic rings. The highest BCUT2D eigenvalue weighted by Gasteiger charge is 2.22. The molecule has 34 heavy (non-hydrogen) atoms. The quantitative estimate of drug-likeness (QED) is 0.350. The Morgan fingerprint density at radius 3 is 2.35 bits per heavy atom. The van der Waals surface area contributed by atoms with Crippen molar-refractivity contribution in [2.75, 3.05) is 24.9 Å². The second-order valence-corrected chi connectivity index (χ2v) is 7.56. The molecular formula is C27H24N2O5. The van der Waals surface area contributed by atoms with Crippen LogP contribution in [0.25, 0.3) is 17.0 Å². The zero-order chi connectivity index (χ0) is 24.1. The highest BCUT2D eigenvalue weighted by atomic mass is 16.5. The van der Waals surface area contributed by atoms with Crippen molar-refractivity contribution in [3.05, 3.63) is 89.7 Å². The number of carbonyl (C=O) groups is 2. The van der Waals surface area contributed by atoms with Crippen LogP contribution in [0.1, 0.15) is 21.7 Å². The lowest BCUT2D eigenvalue weighted by Gasteiger charge is -2.08. The molecule has 7 nitrogen and oxygen atoms in total. The molecule has 0 spiro atoms. The molecule has 0 atom stereocenters. The van der Waals surface area contributed by atoms with E-state index in [1.807, 2.05) is 25.1 Å². The Morgan fingerprint density at radius 1 is 0.882 bits per heavy atom. The normalized spacial score (nSPS) is 10.9. The minimum absolute atomic E-state index is 0.0228. The zero-order valence-corrected chi connectivity index (χ0v) is 19.0. The Balaban J connectivity index is 1.58. The fourth-order valence-corrected chi connectivity index (χ4v) is 3.45. The maximum absolute atomic E-state index is 13.0. The molecule has 0 bridgehead atoms. The topological polar surface area (TPSA) is 89.8 Å². The minimum Gasteiger partial charge on any atom is -0.493 e. The summed E-state index contributed by atoms with van der Waals surface area (Å²) < 4.78 is 16.3. The number of fused-ring (bicyclic) bond motifs is 1. The molecule has 0 aliphatic carbocycles. The smallest absolute Gasteiger partial charge is 0.293 e. The lowest BCUT2D eigenvalue weighted by Crippen LogP contribution is -2.15. The predicted molar refractivity (Wildman–Crippen MR) is 133 cm³/mol. The number of nitrogens with one attached hydrogen (secondary N) is 2. The van der Waals surface area contributed by atoms with Gasteiger partial charge in [-0.05, 0) is 55.0 Å². The number of benzene rings is 3. The summed E-state index contributed by atoms with van der Waals surface area (Å²) in [7, 11) is 3.11. The third-order valence-electron chi connectivity index (χ3n) is 5.19. The first-order valence-corrected chi connectivity index (χ1v) is 10.6. The van der Waals surface area contributed by atoms with Gasteiger partial charge in [0.05, 0.1) is 14.2 Å². The number of amides is 2. The Morgan fingerprint density at radius 2 is 1.62 bits per heavy atom. The van der Waals surface area contributed by atoms with Crippen LogP contribution in [0, 0.1) is 6.92 Å². The summed E-state index contributed by atoms with van der Waals surface area (Å²) in [5, 5.41) is 6.24.